The van der Waals surface area contributed by atoms with E-state index in [0.717, 1.165) is 71.8 Å². The van der Waals surface area contributed by atoms with E-state index in [2.05, 4.69) is 27.7 Å². The van der Waals surface area contributed by atoms with Crippen molar-refractivity contribution in [2.75, 3.05) is 6.61 Å². The Labute approximate surface area is 125 Å². The Morgan fingerprint density at radius 2 is 1.17 bits per heavy atom. The summed E-state index contributed by atoms with van der Waals surface area (Å²) in [6.07, 6.45) is 8.22. The maximum atomic E-state index is 10.0. The Hall–Kier alpha value is 0.434. The number of hydrogen-bond donors (Lipinski definition) is 2. The summed E-state index contributed by atoms with van der Waals surface area (Å²) >= 11 is 0.750. The summed E-state index contributed by atoms with van der Waals surface area (Å²) in [4.78, 5) is 0. The summed E-state index contributed by atoms with van der Waals surface area (Å²) < 4.78 is 8.25. The zero-order valence-corrected chi connectivity index (χ0v) is 14.2. The SMILES string of the molecule is CCCC(O)(CCC)CCC.CCCCO.[O]=[Ti]. The van der Waals surface area contributed by atoms with Crippen molar-refractivity contribution in [1.82, 2.24) is 0 Å². The van der Waals surface area contributed by atoms with Crippen LogP contribution in [0.1, 0.15) is 79.1 Å². The molecule has 0 fully saturated rings. The van der Waals surface area contributed by atoms with Gasteiger partial charge >= 0.3 is 23.7 Å². The first-order chi connectivity index (χ1) is 8.60. The molecule has 0 aliphatic heterocycles. The predicted octanol–water partition coefficient (Wildman–Crippen LogP) is 3.78. The molecule has 0 aliphatic carbocycles. The number of hydrogen-bond acceptors (Lipinski definition) is 3. The number of aliphatic hydroxyl groups is 2. The van der Waals surface area contributed by atoms with Crippen molar-refractivity contribution in [2.24, 2.45) is 0 Å². The van der Waals surface area contributed by atoms with Crippen LogP contribution in [0.4, 0.5) is 0 Å². The summed E-state index contributed by atoms with van der Waals surface area (Å²) in [7, 11) is 0. The third-order valence-electron chi connectivity index (χ3n) is 2.66. The molecule has 4 heteroatoms. The molecule has 0 bridgehead atoms. The molecule has 0 rings (SSSR count). The molecule has 0 aromatic heterocycles. The molecule has 0 saturated carbocycles. The van der Waals surface area contributed by atoms with Gasteiger partial charge in [-0.3, -0.25) is 0 Å². The van der Waals surface area contributed by atoms with Gasteiger partial charge in [0.25, 0.3) is 0 Å². The van der Waals surface area contributed by atoms with Gasteiger partial charge in [-0.2, -0.15) is 0 Å². The van der Waals surface area contributed by atoms with Gasteiger partial charge in [0.2, 0.25) is 0 Å². The van der Waals surface area contributed by atoms with Crippen molar-refractivity contribution >= 4 is 0 Å². The van der Waals surface area contributed by atoms with E-state index in [1.165, 1.54) is 0 Å². The fraction of sp³-hybridized carbons (Fsp3) is 1.00. The third kappa shape index (κ3) is 18.8. The molecule has 0 aromatic carbocycles. The molecule has 3 nitrogen and oxygen atoms in total. The van der Waals surface area contributed by atoms with E-state index < -0.39 is 0 Å². The van der Waals surface area contributed by atoms with Crippen molar-refractivity contribution in [1.29, 1.82) is 0 Å². The van der Waals surface area contributed by atoms with Gasteiger partial charge in [-0.15, -0.1) is 0 Å². The summed E-state index contributed by atoms with van der Waals surface area (Å²) in [5.41, 5.74) is -0.349. The van der Waals surface area contributed by atoms with Gasteiger partial charge in [-0.05, 0) is 25.7 Å². The summed E-state index contributed by atoms with van der Waals surface area (Å²) in [5, 5.41) is 18.1. The van der Waals surface area contributed by atoms with Gasteiger partial charge in [0.05, 0.1) is 5.60 Å². The zero-order chi connectivity index (χ0) is 14.9. The van der Waals surface area contributed by atoms with Crippen LogP contribution in [0.3, 0.4) is 0 Å². The molecule has 0 unspecified atom stereocenters. The van der Waals surface area contributed by atoms with Crippen LogP contribution in [0.5, 0.6) is 0 Å². The third-order valence-corrected chi connectivity index (χ3v) is 2.66. The van der Waals surface area contributed by atoms with Crippen LogP contribution in [0.2, 0.25) is 0 Å². The van der Waals surface area contributed by atoms with Gasteiger partial charge in [0, 0.05) is 6.61 Å². The Bertz CT molecular complexity index is 124. The van der Waals surface area contributed by atoms with Crippen molar-refractivity contribution < 1.29 is 33.9 Å². The first-order valence-electron chi connectivity index (χ1n) is 7.13. The molecule has 0 aliphatic rings. The standard InChI is InChI=1S/C10H22O.C4H10O.O.Ti/c1-4-7-10(11,8-5-2)9-6-3;1-2-3-4-5;;/h11H,4-9H2,1-3H3;5H,2-4H2,1H3;;. The van der Waals surface area contributed by atoms with Crippen LogP contribution < -0.4 is 0 Å². The first kappa shape index (κ1) is 23.5. The molecular formula is C14H32O3Ti. The van der Waals surface area contributed by atoms with Gasteiger partial charge in [0.15, 0.2) is 0 Å². The van der Waals surface area contributed by atoms with Crippen molar-refractivity contribution in [3.05, 3.63) is 0 Å². The molecule has 0 amide bonds. The van der Waals surface area contributed by atoms with Crippen LogP contribution in [0.15, 0.2) is 0 Å². The molecule has 2 N–H and O–H groups in total. The van der Waals surface area contributed by atoms with E-state index in [9.17, 15) is 5.11 Å². The monoisotopic (exact) mass is 296 g/mol. The second-order valence-electron chi connectivity index (χ2n) is 4.55. The predicted molar refractivity (Wildman–Crippen MR) is 72.4 cm³/mol. The Morgan fingerprint density at radius 1 is 0.833 bits per heavy atom. The number of rotatable bonds is 8. The minimum absolute atomic E-state index is 0.344. The fourth-order valence-electron chi connectivity index (χ4n) is 1.93. The fourth-order valence-corrected chi connectivity index (χ4v) is 1.93. The Balaban J connectivity index is -0.000000270. The van der Waals surface area contributed by atoms with Gasteiger partial charge in [-0.1, -0.05) is 53.4 Å². The van der Waals surface area contributed by atoms with Crippen LogP contribution in [-0.4, -0.2) is 22.4 Å². The molecular weight excluding hydrogens is 264 g/mol. The Morgan fingerprint density at radius 3 is 1.28 bits per heavy atom. The second-order valence-corrected chi connectivity index (χ2v) is 4.55. The van der Waals surface area contributed by atoms with Gasteiger partial charge in [-0.25, -0.2) is 0 Å². The molecule has 18 heavy (non-hydrogen) atoms. The van der Waals surface area contributed by atoms with E-state index in [-0.39, 0.29) is 5.60 Å². The summed E-state index contributed by atoms with van der Waals surface area (Å²) in [6, 6.07) is 0. The zero-order valence-electron chi connectivity index (χ0n) is 12.7. The van der Waals surface area contributed by atoms with Crippen molar-refractivity contribution in [3.8, 4) is 0 Å². The number of unbranched alkanes of at least 4 members (excludes halogenated alkanes) is 1. The van der Waals surface area contributed by atoms with Gasteiger partial charge < -0.3 is 10.2 Å². The minimum atomic E-state index is -0.349. The average Bonchev–Trinajstić information content (AvgIpc) is 2.34. The van der Waals surface area contributed by atoms with Gasteiger partial charge in [0.1, 0.15) is 0 Å². The summed E-state index contributed by atoms with van der Waals surface area (Å²) in [6.45, 7) is 8.80. The van der Waals surface area contributed by atoms with E-state index in [4.69, 9.17) is 8.43 Å². The molecule has 0 spiro atoms. The molecule has 0 heterocycles. The van der Waals surface area contributed by atoms with E-state index in [1.54, 1.807) is 0 Å². The molecule has 0 saturated heterocycles. The average molecular weight is 296 g/mol. The molecule has 0 aromatic rings. The van der Waals surface area contributed by atoms with Crippen molar-refractivity contribution in [3.63, 3.8) is 0 Å². The topological polar surface area (TPSA) is 57.5 Å². The van der Waals surface area contributed by atoms with Crippen molar-refractivity contribution in [2.45, 2.75) is 84.7 Å². The number of aliphatic hydroxyl groups excluding tert-OH is 1. The van der Waals surface area contributed by atoms with E-state index in [1.807, 2.05) is 0 Å². The van der Waals surface area contributed by atoms with E-state index in [0.29, 0.717) is 6.61 Å². The quantitative estimate of drug-likeness (QED) is 0.670. The van der Waals surface area contributed by atoms with E-state index >= 15 is 0 Å². The summed E-state index contributed by atoms with van der Waals surface area (Å²) in [5.74, 6) is 0. The molecule has 0 atom stereocenters. The molecule has 0 radical (unpaired) electrons. The Kier molecular flexibility index (Phi) is 25.8. The first-order valence-corrected chi connectivity index (χ1v) is 7.77. The molecule has 110 valence electrons. The normalized spacial score (nSPS) is 9.83. The van der Waals surface area contributed by atoms with Crippen LogP contribution in [0.25, 0.3) is 0 Å². The van der Waals surface area contributed by atoms with Crippen LogP contribution in [-0.2, 0) is 23.7 Å². The maximum absolute atomic E-state index is 10.0. The second kappa shape index (κ2) is 19.8. The van der Waals surface area contributed by atoms with Crippen LogP contribution >= 0.6 is 0 Å². The van der Waals surface area contributed by atoms with Crippen LogP contribution in [0, 0.1) is 0 Å².